The van der Waals surface area contributed by atoms with E-state index in [0.717, 1.165) is 51.5 Å². The quantitative estimate of drug-likeness (QED) is 0.279. The van der Waals surface area contributed by atoms with Crippen LogP contribution in [0.25, 0.3) is 0 Å². The van der Waals surface area contributed by atoms with Gasteiger partial charge < -0.3 is 20.3 Å². The molecule has 1 aliphatic heterocycles. The van der Waals surface area contributed by atoms with Gasteiger partial charge in [0.15, 0.2) is 5.96 Å². The molecule has 1 fully saturated rings. The molecule has 0 spiro atoms. The minimum absolute atomic E-state index is 0. The Kier molecular flexibility index (Phi) is 10.8. The molecule has 1 aliphatic rings. The summed E-state index contributed by atoms with van der Waals surface area (Å²) in [6.45, 7) is 3.93. The van der Waals surface area contributed by atoms with Gasteiger partial charge in [-0.05, 0) is 37.8 Å². The van der Waals surface area contributed by atoms with Crippen LogP contribution in [0.2, 0.25) is 0 Å². The van der Waals surface area contributed by atoms with Gasteiger partial charge in [0.25, 0.3) is 0 Å². The highest BCUT2D eigenvalue weighted by atomic mass is 127. The maximum Gasteiger partial charge on any atom is 0.191 e. The number of nitrogens with zero attached hydrogens (tertiary/aromatic N) is 2. The topological polar surface area (TPSA) is 48.9 Å². The summed E-state index contributed by atoms with van der Waals surface area (Å²) in [4.78, 5) is 6.76. The Morgan fingerprint density at radius 1 is 1.25 bits per heavy atom. The molecule has 1 aromatic rings. The lowest BCUT2D eigenvalue weighted by Gasteiger charge is -2.20. The van der Waals surface area contributed by atoms with Gasteiger partial charge in [-0.1, -0.05) is 18.2 Å². The lowest BCUT2D eigenvalue weighted by atomic mass is 10.2. The molecule has 5 nitrogen and oxygen atoms in total. The van der Waals surface area contributed by atoms with Crippen LogP contribution in [0.3, 0.4) is 0 Å². The summed E-state index contributed by atoms with van der Waals surface area (Å²) >= 11 is 0. The molecule has 0 aliphatic carbocycles. The fourth-order valence-electron chi connectivity index (χ4n) is 2.89. The first kappa shape index (κ1) is 21.0. The van der Waals surface area contributed by atoms with E-state index in [0.29, 0.717) is 6.04 Å². The standard InChI is InChI=1S/C18H30N4O.HI/c1-19-18(20-12-7-4-8-14-23-2)21-16-11-13-22(15-16)17-9-5-3-6-10-17;/h3,5-6,9-10,16H,4,7-8,11-15H2,1-2H3,(H2,19,20,21);1H. The average Bonchev–Trinajstić information content (AvgIpc) is 3.06. The van der Waals surface area contributed by atoms with Crippen molar-refractivity contribution in [2.45, 2.75) is 31.7 Å². The predicted octanol–water partition coefficient (Wildman–Crippen LogP) is 2.87. The van der Waals surface area contributed by atoms with E-state index in [1.54, 1.807) is 7.11 Å². The Bertz CT molecular complexity index is 469. The van der Waals surface area contributed by atoms with E-state index >= 15 is 0 Å². The van der Waals surface area contributed by atoms with Gasteiger partial charge in [-0.2, -0.15) is 0 Å². The normalized spacial score (nSPS) is 17.5. The maximum absolute atomic E-state index is 5.06. The van der Waals surface area contributed by atoms with E-state index in [4.69, 9.17) is 4.74 Å². The summed E-state index contributed by atoms with van der Waals surface area (Å²) in [5, 5.41) is 6.95. The van der Waals surface area contributed by atoms with Gasteiger partial charge in [0.1, 0.15) is 0 Å². The van der Waals surface area contributed by atoms with Crippen molar-refractivity contribution in [2.24, 2.45) is 4.99 Å². The van der Waals surface area contributed by atoms with Crippen molar-refractivity contribution in [3.05, 3.63) is 30.3 Å². The number of nitrogens with one attached hydrogen (secondary N) is 2. The number of halogens is 1. The summed E-state index contributed by atoms with van der Waals surface area (Å²) in [6.07, 6.45) is 4.59. The van der Waals surface area contributed by atoms with Gasteiger partial charge in [0, 0.05) is 52.1 Å². The Morgan fingerprint density at radius 3 is 2.75 bits per heavy atom. The van der Waals surface area contributed by atoms with E-state index in [-0.39, 0.29) is 24.0 Å². The van der Waals surface area contributed by atoms with Gasteiger partial charge in [0.05, 0.1) is 0 Å². The number of rotatable bonds is 8. The summed E-state index contributed by atoms with van der Waals surface area (Å²) in [5.41, 5.74) is 1.30. The molecule has 0 radical (unpaired) electrons. The summed E-state index contributed by atoms with van der Waals surface area (Å²) in [6, 6.07) is 11.1. The van der Waals surface area contributed by atoms with Crippen molar-refractivity contribution < 1.29 is 4.74 Å². The van der Waals surface area contributed by atoms with E-state index in [9.17, 15) is 0 Å². The van der Waals surface area contributed by atoms with Gasteiger partial charge in [-0.25, -0.2) is 0 Å². The lowest BCUT2D eigenvalue weighted by molar-refractivity contribution is 0.192. The summed E-state index contributed by atoms with van der Waals surface area (Å²) in [5.74, 6) is 0.914. The molecular formula is C18H31IN4O. The number of guanidine groups is 1. The van der Waals surface area contributed by atoms with Crippen LogP contribution in [0.15, 0.2) is 35.3 Å². The zero-order chi connectivity index (χ0) is 16.3. The van der Waals surface area contributed by atoms with Crippen LogP contribution >= 0.6 is 24.0 Å². The van der Waals surface area contributed by atoms with Crippen molar-refractivity contribution in [1.29, 1.82) is 0 Å². The largest absolute Gasteiger partial charge is 0.385 e. The van der Waals surface area contributed by atoms with Crippen molar-refractivity contribution >= 4 is 35.6 Å². The number of hydrogen-bond acceptors (Lipinski definition) is 3. The molecule has 0 aromatic heterocycles. The average molecular weight is 446 g/mol. The zero-order valence-corrected chi connectivity index (χ0v) is 17.2. The van der Waals surface area contributed by atoms with Crippen LogP contribution in [0, 0.1) is 0 Å². The van der Waals surface area contributed by atoms with Crippen molar-refractivity contribution in [3.63, 3.8) is 0 Å². The molecule has 6 heteroatoms. The van der Waals surface area contributed by atoms with Gasteiger partial charge in [-0.15, -0.1) is 24.0 Å². The molecule has 1 atom stereocenters. The summed E-state index contributed by atoms with van der Waals surface area (Å²) in [7, 11) is 3.59. The SMILES string of the molecule is CN=C(NCCCCCOC)NC1CCN(c2ccccc2)C1.I. The van der Waals surface area contributed by atoms with Crippen LogP contribution in [0.1, 0.15) is 25.7 Å². The number of benzene rings is 1. The fourth-order valence-corrected chi connectivity index (χ4v) is 2.89. The highest BCUT2D eigenvalue weighted by molar-refractivity contribution is 14.0. The number of para-hydroxylation sites is 1. The van der Waals surface area contributed by atoms with E-state index in [1.165, 1.54) is 12.1 Å². The van der Waals surface area contributed by atoms with E-state index < -0.39 is 0 Å². The molecule has 1 heterocycles. The summed E-state index contributed by atoms with van der Waals surface area (Å²) < 4.78 is 5.06. The van der Waals surface area contributed by atoms with Crippen LogP contribution in [-0.2, 0) is 4.74 Å². The Morgan fingerprint density at radius 2 is 2.04 bits per heavy atom. The molecule has 1 saturated heterocycles. The molecule has 1 aromatic carbocycles. The molecule has 0 bridgehead atoms. The Hall–Kier alpha value is -1.02. The van der Waals surface area contributed by atoms with E-state index in [2.05, 4.69) is 50.9 Å². The number of hydrogen-bond donors (Lipinski definition) is 2. The van der Waals surface area contributed by atoms with E-state index in [1.807, 2.05) is 7.05 Å². The number of anilines is 1. The van der Waals surface area contributed by atoms with Crippen LogP contribution in [-0.4, -0.2) is 52.4 Å². The predicted molar refractivity (Wildman–Crippen MR) is 113 cm³/mol. The Balaban J connectivity index is 0.00000288. The second kappa shape index (κ2) is 12.4. The third-order valence-corrected chi connectivity index (χ3v) is 4.19. The second-order valence-corrected chi connectivity index (χ2v) is 5.96. The first-order valence-electron chi connectivity index (χ1n) is 8.59. The monoisotopic (exact) mass is 446 g/mol. The molecule has 2 rings (SSSR count). The molecule has 0 amide bonds. The van der Waals surface area contributed by atoms with Crippen LogP contribution < -0.4 is 15.5 Å². The first-order chi connectivity index (χ1) is 11.3. The molecule has 2 N–H and O–H groups in total. The molecular weight excluding hydrogens is 415 g/mol. The van der Waals surface area contributed by atoms with Crippen molar-refractivity contribution in [3.8, 4) is 0 Å². The minimum atomic E-state index is 0. The number of unbranched alkanes of at least 4 members (excludes halogenated alkanes) is 2. The smallest absolute Gasteiger partial charge is 0.191 e. The fraction of sp³-hybridized carbons (Fsp3) is 0.611. The van der Waals surface area contributed by atoms with Crippen molar-refractivity contribution in [1.82, 2.24) is 10.6 Å². The maximum atomic E-state index is 5.06. The lowest BCUT2D eigenvalue weighted by Crippen LogP contribution is -2.44. The van der Waals surface area contributed by atoms with Crippen molar-refractivity contribution in [2.75, 3.05) is 45.3 Å². The minimum Gasteiger partial charge on any atom is -0.385 e. The molecule has 24 heavy (non-hydrogen) atoms. The molecule has 1 unspecified atom stereocenters. The first-order valence-corrected chi connectivity index (χ1v) is 8.59. The second-order valence-electron chi connectivity index (χ2n) is 5.96. The number of ether oxygens (including phenoxy) is 1. The van der Waals surface area contributed by atoms with Gasteiger partial charge in [-0.3, -0.25) is 4.99 Å². The third-order valence-electron chi connectivity index (χ3n) is 4.19. The highest BCUT2D eigenvalue weighted by Gasteiger charge is 2.23. The van der Waals surface area contributed by atoms with Gasteiger partial charge >= 0.3 is 0 Å². The molecule has 136 valence electrons. The third kappa shape index (κ3) is 7.25. The molecule has 0 saturated carbocycles. The van der Waals surface area contributed by atoms with Gasteiger partial charge in [0.2, 0.25) is 0 Å². The number of methoxy groups -OCH3 is 1. The highest BCUT2D eigenvalue weighted by Crippen LogP contribution is 2.19. The van der Waals surface area contributed by atoms with Crippen LogP contribution in [0.5, 0.6) is 0 Å². The Labute approximate surface area is 163 Å². The van der Waals surface area contributed by atoms with Crippen LogP contribution in [0.4, 0.5) is 5.69 Å². The number of aliphatic imine (C=N–C) groups is 1. The zero-order valence-electron chi connectivity index (χ0n) is 14.8.